The molecule has 1 aromatic rings. The molecule has 20 heavy (non-hydrogen) atoms. The number of nitrogens with one attached hydrogen (secondary N) is 1. The highest BCUT2D eigenvalue weighted by Crippen LogP contribution is 2.33. The van der Waals surface area contributed by atoms with E-state index in [0.717, 1.165) is 7.57 Å². The standard InChI is InChI=1S/C12H13Br2NO4S/c13-8-5-7(9(14)20-8)10(16)15-6-12(11(17)18)1-3-19-4-2-12/h5H,1-4,6H2,(H,15,16)(H,17,18). The van der Waals surface area contributed by atoms with E-state index in [9.17, 15) is 14.7 Å². The fourth-order valence-corrected chi connectivity index (χ4v) is 4.86. The van der Waals surface area contributed by atoms with Gasteiger partial charge in [-0.2, -0.15) is 0 Å². The van der Waals surface area contributed by atoms with Crippen LogP contribution in [0.15, 0.2) is 13.6 Å². The molecule has 1 saturated heterocycles. The van der Waals surface area contributed by atoms with Crippen molar-refractivity contribution in [3.8, 4) is 0 Å². The predicted molar refractivity (Wildman–Crippen MR) is 82.2 cm³/mol. The predicted octanol–water partition coefficient (Wildman–Crippen LogP) is 2.88. The van der Waals surface area contributed by atoms with Gasteiger partial charge in [0.05, 0.1) is 18.6 Å². The van der Waals surface area contributed by atoms with Crippen LogP contribution in [0.1, 0.15) is 23.2 Å². The van der Waals surface area contributed by atoms with Crippen LogP contribution in [-0.4, -0.2) is 36.7 Å². The molecule has 8 heteroatoms. The number of amides is 1. The third kappa shape index (κ3) is 3.41. The zero-order valence-electron chi connectivity index (χ0n) is 10.4. The van der Waals surface area contributed by atoms with Gasteiger partial charge >= 0.3 is 5.97 Å². The first-order valence-electron chi connectivity index (χ1n) is 5.99. The molecule has 0 atom stereocenters. The van der Waals surface area contributed by atoms with Gasteiger partial charge in [-0.05, 0) is 50.8 Å². The summed E-state index contributed by atoms with van der Waals surface area (Å²) in [5.41, 5.74) is -0.414. The first kappa shape index (κ1) is 15.9. The molecule has 1 aromatic heterocycles. The molecule has 0 unspecified atom stereocenters. The smallest absolute Gasteiger partial charge is 0.311 e. The number of ether oxygens (including phenoxy) is 1. The average molecular weight is 427 g/mol. The van der Waals surface area contributed by atoms with Crippen molar-refractivity contribution in [2.75, 3.05) is 19.8 Å². The summed E-state index contributed by atoms with van der Waals surface area (Å²) >= 11 is 8.03. The summed E-state index contributed by atoms with van der Waals surface area (Å²) in [4.78, 5) is 23.6. The fraction of sp³-hybridized carbons (Fsp3) is 0.500. The van der Waals surface area contributed by atoms with Gasteiger partial charge in [-0.3, -0.25) is 9.59 Å². The second kappa shape index (κ2) is 6.55. The van der Waals surface area contributed by atoms with Crippen molar-refractivity contribution < 1.29 is 19.4 Å². The number of hydrogen-bond acceptors (Lipinski definition) is 4. The van der Waals surface area contributed by atoms with E-state index in [1.54, 1.807) is 6.07 Å². The minimum absolute atomic E-state index is 0.116. The highest BCUT2D eigenvalue weighted by molar-refractivity contribution is 9.12. The summed E-state index contributed by atoms with van der Waals surface area (Å²) in [6.07, 6.45) is 0.828. The Morgan fingerprint density at radius 2 is 2.05 bits per heavy atom. The lowest BCUT2D eigenvalue weighted by Crippen LogP contribution is -2.46. The number of halogens is 2. The fourth-order valence-electron chi connectivity index (χ4n) is 2.07. The van der Waals surface area contributed by atoms with Crippen molar-refractivity contribution in [1.29, 1.82) is 0 Å². The quantitative estimate of drug-likeness (QED) is 0.776. The Morgan fingerprint density at radius 1 is 1.40 bits per heavy atom. The maximum absolute atomic E-state index is 12.1. The summed E-state index contributed by atoms with van der Waals surface area (Å²) in [5, 5.41) is 12.1. The van der Waals surface area contributed by atoms with E-state index >= 15 is 0 Å². The van der Waals surface area contributed by atoms with Crippen LogP contribution in [0.25, 0.3) is 0 Å². The molecule has 1 fully saturated rings. The van der Waals surface area contributed by atoms with E-state index in [1.165, 1.54) is 11.3 Å². The lowest BCUT2D eigenvalue weighted by Gasteiger charge is -2.33. The third-order valence-electron chi connectivity index (χ3n) is 3.39. The SMILES string of the molecule is O=C(NCC1(C(=O)O)CCOCC1)c1cc(Br)sc1Br. The van der Waals surface area contributed by atoms with Gasteiger partial charge in [0, 0.05) is 19.8 Å². The van der Waals surface area contributed by atoms with Gasteiger partial charge in [0.25, 0.3) is 5.91 Å². The maximum Gasteiger partial charge on any atom is 0.311 e. The van der Waals surface area contributed by atoms with E-state index in [0.29, 0.717) is 31.6 Å². The zero-order chi connectivity index (χ0) is 14.8. The van der Waals surface area contributed by atoms with Crippen molar-refractivity contribution in [3.63, 3.8) is 0 Å². The van der Waals surface area contributed by atoms with Crippen LogP contribution in [0, 0.1) is 5.41 Å². The molecule has 1 aliphatic heterocycles. The van der Waals surface area contributed by atoms with Gasteiger partial charge in [-0.25, -0.2) is 0 Å². The number of carboxylic acid groups (broad SMARTS) is 1. The molecule has 2 heterocycles. The molecule has 0 radical (unpaired) electrons. The third-order valence-corrected chi connectivity index (χ3v) is 5.73. The summed E-state index contributed by atoms with van der Waals surface area (Å²) in [6.45, 7) is 0.941. The molecule has 0 saturated carbocycles. The first-order chi connectivity index (χ1) is 9.44. The van der Waals surface area contributed by atoms with E-state index in [-0.39, 0.29) is 12.5 Å². The highest BCUT2D eigenvalue weighted by Gasteiger charge is 2.40. The lowest BCUT2D eigenvalue weighted by molar-refractivity contribution is -0.154. The second-order valence-corrected chi connectivity index (χ2v) is 8.37. The van der Waals surface area contributed by atoms with Gasteiger partial charge in [-0.15, -0.1) is 11.3 Å². The van der Waals surface area contributed by atoms with E-state index in [2.05, 4.69) is 37.2 Å². The average Bonchev–Trinajstić information content (AvgIpc) is 2.76. The normalized spacial score (nSPS) is 17.7. The molecule has 0 aromatic carbocycles. The van der Waals surface area contributed by atoms with Gasteiger partial charge < -0.3 is 15.2 Å². The Kier molecular flexibility index (Phi) is 5.22. The van der Waals surface area contributed by atoms with Crippen molar-refractivity contribution in [2.24, 2.45) is 5.41 Å². The van der Waals surface area contributed by atoms with Crippen molar-refractivity contribution in [1.82, 2.24) is 5.32 Å². The molecule has 2 rings (SSSR count). The Bertz CT molecular complexity index is 526. The van der Waals surface area contributed by atoms with Crippen molar-refractivity contribution in [2.45, 2.75) is 12.8 Å². The molecule has 0 aliphatic carbocycles. The molecule has 1 amide bonds. The first-order valence-corrected chi connectivity index (χ1v) is 8.39. The number of hydrogen-bond donors (Lipinski definition) is 2. The molecular formula is C12H13Br2NO4S. The number of carboxylic acids is 1. The van der Waals surface area contributed by atoms with Gasteiger partial charge in [0.1, 0.15) is 0 Å². The minimum Gasteiger partial charge on any atom is -0.481 e. The Morgan fingerprint density at radius 3 is 2.55 bits per heavy atom. The number of thiophene rings is 1. The summed E-state index contributed by atoms with van der Waals surface area (Å²) in [5.74, 6) is -1.15. The van der Waals surface area contributed by atoms with Crippen LogP contribution in [0.5, 0.6) is 0 Å². The number of carbonyl (C=O) groups is 2. The molecular weight excluding hydrogens is 414 g/mol. The van der Waals surface area contributed by atoms with E-state index in [1.807, 2.05) is 0 Å². The van der Waals surface area contributed by atoms with Crippen LogP contribution < -0.4 is 5.32 Å². The van der Waals surface area contributed by atoms with Crippen LogP contribution in [0.2, 0.25) is 0 Å². The number of carbonyl (C=O) groups excluding carboxylic acids is 1. The maximum atomic E-state index is 12.1. The molecule has 1 aliphatic rings. The van der Waals surface area contributed by atoms with Crippen LogP contribution in [0.4, 0.5) is 0 Å². The highest BCUT2D eigenvalue weighted by atomic mass is 79.9. The van der Waals surface area contributed by atoms with Gasteiger partial charge in [-0.1, -0.05) is 0 Å². The zero-order valence-corrected chi connectivity index (χ0v) is 14.4. The van der Waals surface area contributed by atoms with Crippen molar-refractivity contribution >= 4 is 55.1 Å². The monoisotopic (exact) mass is 425 g/mol. The summed E-state index contributed by atoms with van der Waals surface area (Å²) < 4.78 is 6.76. The Labute approximate surface area is 137 Å². The molecule has 2 N–H and O–H groups in total. The minimum atomic E-state index is -0.923. The van der Waals surface area contributed by atoms with Crippen LogP contribution in [0.3, 0.4) is 0 Å². The van der Waals surface area contributed by atoms with Crippen LogP contribution >= 0.6 is 43.2 Å². The van der Waals surface area contributed by atoms with E-state index < -0.39 is 11.4 Å². The van der Waals surface area contributed by atoms with E-state index in [4.69, 9.17) is 4.74 Å². The molecule has 110 valence electrons. The molecule has 0 bridgehead atoms. The summed E-state index contributed by atoms with van der Waals surface area (Å²) in [6, 6.07) is 1.71. The largest absolute Gasteiger partial charge is 0.481 e. The van der Waals surface area contributed by atoms with Crippen molar-refractivity contribution in [3.05, 3.63) is 19.2 Å². The topological polar surface area (TPSA) is 75.6 Å². The Hall–Kier alpha value is -0.440. The lowest BCUT2D eigenvalue weighted by atomic mass is 9.80. The van der Waals surface area contributed by atoms with Gasteiger partial charge in [0.2, 0.25) is 0 Å². The molecule has 0 spiro atoms. The van der Waals surface area contributed by atoms with Gasteiger partial charge in [0.15, 0.2) is 0 Å². The summed E-state index contributed by atoms with van der Waals surface area (Å²) in [7, 11) is 0. The molecule has 5 nitrogen and oxygen atoms in total. The second-order valence-electron chi connectivity index (χ2n) is 4.62. The number of rotatable bonds is 4. The number of aliphatic carboxylic acids is 1. The Balaban J connectivity index is 2.04. The van der Waals surface area contributed by atoms with Crippen LogP contribution in [-0.2, 0) is 9.53 Å².